The maximum absolute atomic E-state index is 13.2. The minimum Gasteiger partial charge on any atom is -0.482 e. The number of para-hydroxylation sites is 1. The summed E-state index contributed by atoms with van der Waals surface area (Å²) in [6, 6.07) is 23.7. The van der Waals surface area contributed by atoms with Crippen LogP contribution in [0.25, 0.3) is 0 Å². The number of rotatable bonds is 13. The highest BCUT2D eigenvalue weighted by Gasteiger charge is 2.33. The molecule has 10 nitrogen and oxygen atoms in total. The minimum absolute atomic E-state index is 0.0130. The molecular formula is C34H30F3N3O7. The van der Waals surface area contributed by atoms with E-state index in [4.69, 9.17) is 14.6 Å². The van der Waals surface area contributed by atoms with Crippen LogP contribution in [0.1, 0.15) is 28.7 Å². The highest BCUT2D eigenvalue weighted by atomic mass is 19.4. The number of alkyl halides is 3. The predicted octanol–water partition coefficient (Wildman–Crippen LogP) is 6.67. The van der Waals surface area contributed by atoms with Crippen molar-refractivity contribution in [1.82, 2.24) is 0 Å². The number of aryl methyl sites for hydroxylation is 1. The van der Waals surface area contributed by atoms with Crippen LogP contribution >= 0.6 is 0 Å². The molecule has 13 heteroatoms. The summed E-state index contributed by atoms with van der Waals surface area (Å²) in [5.74, 6) is -1.78. The van der Waals surface area contributed by atoms with Crippen molar-refractivity contribution in [3.8, 4) is 5.75 Å². The maximum Gasteiger partial charge on any atom is 0.418 e. The lowest BCUT2D eigenvalue weighted by Gasteiger charge is -2.14. The zero-order valence-electron chi connectivity index (χ0n) is 24.8. The van der Waals surface area contributed by atoms with E-state index in [1.165, 1.54) is 36.4 Å². The van der Waals surface area contributed by atoms with Crippen molar-refractivity contribution >= 4 is 40.9 Å². The standard InChI is InChI=1S/C34H30F3N3O7/c35-34(36,37)27-8-4-5-9-28(27)40-33(45)39-25-13-10-22(11-14-25)18-30(41)38-26-15-16-29(46-21-31(42)43)24(19-26)12-17-32(44)47-20-23-6-2-1-3-7-23/h1-11,13-16,19H,12,17-18,20-21H2,(H,38,41)(H,42,43)(H2,39,40,45). The van der Waals surface area contributed by atoms with Gasteiger partial charge in [0, 0.05) is 17.8 Å². The number of halogens is 3. The highest BCUT2D eigenvalue weighted by Crippen LogP contribution is 2.34. The van der Waals surface area contributed by atoms with E-state index in [-0.39, 0.29) is 37.5 Å². The van der Waals surface area contributed by atoms with E-state index < -0.39 is 42.0 Å². The molecule has 4 aromatic rings. The van der Waals surface area contributed by atoms with Crippen molar-refractivity contribution in [2.75, 3.05) is 22.6 Å². The van der Waals surface area contributed by atoms with Gasteiger partial charge in [-0.3, -0.25) is 9.59 Å². The van der Waals surface area contributed by atoms with Crippen LogP contribution in [0.15, 0.2) is 97.1 Å². The lowest BCUT2D eigenvalue weighted by molar-refractivity contribution is -0.145. The second kappa shape index (κ2) is 15.9. The molecule has 47 heavy (non-hydrogen) atoms. The summed E-state index contributed by atoms with van der Waals surface area (Å²) in [6.45, 7) is -0.483. The molecule has 0 aliphatic heterocycles. The molecule has 0 aliphatic carbocycles. The molecule has 3 amide bonds. The third kappa shape index (κ3) is 10.9. The van der Waals surface area contributed by atoms with Gasteiger partial charge in [0.15, 0.2) is 6.61 Å². The van der Waals surface area contributed by atoms with E-state index in [2.05, 4.69) is 16.0 Å². The van der Waals surface area contributed by atoms with Gasteiger partial charge in [0.05, 0.1) is 17.7 Å². The van der Waals surface area contributed by atoms with Gasteiger partial charge in [0.1, 0.15) is 12.4 Å². The van der Waals surface area contributed by atoms with E-state index in [1.807, 2.05) is 30.3 Å². The Morgan fingerprint density at radius 3 is 2.13 bits per heavy atom. The number of amides is 3. The molecule has 0 spiro atoms. The number of carboxylic acids is 1. The number of carboxylic acid groups (broad SMARTS) is 1. The number of ether oxygens (including phenoxy) is 2. The quantitative estimate of drug-likeness (QED) is 0.119. The summed E-state index contributed by atoms with van der Waals surface area (Å²) in [5, 5.41) is 16.4. The molecule has 0 aromatic heterocycles. The third-order valence-electron chi connectivity index (χ3n) is 6.59. The number of esters is 1. The van der Waals surface area contributed by atoms with Crippen LogP contribution in [0.3, 0.4) is 0 Å². The van der Waals surface area contributed by atoms with E-state index in [9.17, 15) is 32.3 Å². The van der Waals surface area contributed by atoms with Crippen LogP contribution in [0.5, 0.6) is 5.75 Å². The third-order valence-corrected chi connectivity index (χ3v) is 6.59. The predicted molar refractivity (Wildman–Crippen MR) is 167 cm³/mol. The number of carbonyl (C=O) groups excluding carboxylic acids is 3. The first-order valence-electron chi connectivity index (χ1n) is 14.3. The number of urea groups is 1. The molecule has 4 rings (SSSR count). The summed E-state index contributed by atoms with van der Waals surface area (Å²) in [6.07, 6.45) is -4.54. The molecular weight excluding hydrogens is 619 g/mol. The largest absolute Gasteiger partial charge is 0.482 e. The zero-order chi connectivity index (χ0) is 33.8. The van der Waals surface area contributed by atoms with Gasteiger partial charge in [-0.1, -0.05) is 54.6 Å². The molecule has 0 saturated carbocycles. The molecule has 0 radical (unpaired) electrons. The molecule has 244 valence electrons. The van der Waals surface area contributed by atoms with Gasteiger partial charge in [-0.25, -0.2) is 9.59 Å². The number of anilines is 3. The Bertz CT molecular complexity index is 1710. The number of aliphatic carboxylic acids is 1. The van der Waals surface area contributed by atoms with E-state index in [0.29, 0.717) is 22.5 Å². The van der Waals surface area contributed by atoms with Crippen LogP contribution in [-0.4, -0.2) is 35.6 Å². The van der Waals surface area contributed by atoms with E-state index in [1.54, 1.807) is 18.2 Å². The first-order chi connectivity index (χ1) is 22.5. The maximum atomic E-state index is 13.2. The Labute approximate surface area is 267 Å². The fourth-order valence-corrected chi connectivity index (χ4v) is 4.40. The number of benzene rings is 4. The molecule has 0 saturated heterocycles. The van der Waals surface area contributed by atoms with Crippen molar-refractivity contribution in [2.24, 2.45) is 0 Å². The number of carbonyl (C=O) groups is 4. The summed E-state index contributed by atoms with van der Waals surface area (Å²) in [5.41, 5.74) is 1.22. The number of hydrogen-bond acceptors (Lipinski definition) is 6. The summed E-state index contributed by atoms with van der Waals surface area (Å²) >= 11 is 0. The highest BCUT2D eigenvalue weighted by molar-refractivity contribution is 6.00. The van der Waals surface area contributed by atoms with Crippen LogP contribution in [0.4, 0.5) is 35.0 Å². The molecule has 0 heterocycles. The average Bonchev–Trinajstić information content (AvgIpc) is 3.03. The Morgan fingerprint density at radius 1 is 0.745 bits per heavy atom. The first kappa shape index (κ1) is 34.0. The van der Waals surface area contributed by atoms with Crippen LogP contribution < -0.4 is 20.7 Å². The van der Waals surface area contributed by atoms with Crippen LogP contribution in [0.2, 0.25) is 0 Å². The van der Waals surface area contributed by atoms with Crippen molar-refractivity contribution in [1.29, 1.82) is 0 Å². The Hall–Kier alpha value is -5.85. The van der Waals surface area contributed by atoms with Crippen molar-refractivity contribution in [3.05, 3.63) is 119 Å². The zero-order valence-corrected chi connectivity index (χ0v) is 24.8. The van der Waals surface area contributed by atoms with Crippen LogP contribution in [0, 0.1) is 0 Å². The Balaban J connectivity index is 1.32. The van der Waals surface area contributed by atoms with Gasteiger partial charge < -0.3 is 30.5 Å². The first-order valence-corrected chi connectivity index (χ1v) is 14.3. The number of nitrogens with one attached hydrogen (secondary N) is 3. The lowest BCUT2D eigenvalue weighted by atomic mass is 10.1. The minimum atomic E-state index is -4.64. The van der Waals surface area contributed by atoms with Gasteiger partial charge in [-0.05, 0) is 65.6 Å². The molecule has 4 N–H and O–H groups in total. The topological polar surface area (TPSA) is 143 Å². The summed E-state index contributed by atoms with van der Waals surface area (Å²) < 4.78 is 50.3. The molecule has 0 fully saturated rings. The van der Waals surface area contributed by atoms with E-state index >= 15 is 0 Å². The Kier molecular flexibility index (Phi) is 11.5. The summed E-state index contributed by atoms with van der Waals surface area (Å²) in [4.78, 5) is 48.5. The van der Waals surface area contributed by atoms with E-state index in [0.717, 1.165) is 17.7 Å². The molecule has 0 bridgehead atoms. The monoisotopic (exact) mass is 649 g/mol. The second-order valence-electron chi connectivity index (χ2n) is 10.2. The van der Waals surface area contributed by atoms with Gasteiger partial charge in [0.2, 0.25) is 5.91 Å². The Morgan fingerprint density at radius 2 is 1.43 bits per heavy atom. The van der Waals surface area contributed by atoms with Gasteiger partial charge in [0.25, 0.3) is 0 Å². The summed E-state index contributed by atoms with van der Waals surface area (Å²) in [7, 11) is 0. The number of hydrogen-bond donors (Lipinski definition) is 4. The van der Waals surface area contributed by atoms with Crippen LogP contribution in [-0.2, 0) is 44.7 Å². The van der Waals surface area contributed by atoms with Crippen molar-refractivity contribution < 1.29 is 46.9 Å². The lowest BCUT2D eigenvalue weighted by Crippen LogP contribution is -2.21. The van der Waals surface area contributed by atoms with Gasteiger partial charge in [-0.15, -0.1) is 0 Å². The smallest absolute Gasteiger partial charge is 0.418 e. The van der Waals surface area contributed by atoms with Crippen molar-refractivity contribution in [2.45, 2.75) is 32.0 Å². The average molecular weight is 650 g/mol. The fourth-order valence-electron chi connectivity index (χ4n) is 4.40. The van der Waals surface area contributed by atoms with Crippen molar-refractivity contribution in [3.63, 3.8) is 0 Å². The molecule has 0 unspecified atom stereocenters. The normalized spacial score (nSPS) is 10.9. The SMILES string of the molecule is O=C(O)COc1ccc(NC(=O)Cc2ccc(NC(=O)Nc3ccccc3C(F)(F)F)cc2)cc1CCC(=O)OCc1ccccc1. The fraction of sp³-hybridized carbons (Fsp3) is 0.176. The second-order valence-corrected chi connectivity index (χ2v) is 10.2. The molecule has 0 aliphatic rings. The molecule has 0 atom stereocenters. The van der Waals surface area contributed by atoms with Gasteiger partial charge in [-0.2, -0.15) is 13.2 Å². The molecule has 4 aromatic carbocycles. The van der Waals surface area contributed by atoms with Gasteiger partial charge >= 0.3 is 24.1 Å².